The van der Waals surface area contributed by atoms with Gasteiger partial charge in [-0.05, 0) is 62.6 Å². The Balaban J connectivity index is 1.88. The molecule has 8 heteroatoms. The van der Waals surface area contributed by atoms with Crippen LogP contribution in [0.3, 0.4) is 0 Å². The molecule has 30 heavy (non-hydrogen) atoms. The molecule has 4 aromatic rings. The summed E-state index contributed by atoms with van der Waals surface area (Å²) in [5.41, 5.74) is 2.49. The van der Waals surface area contributed by atoms with Gasteiger partial charge in [-0.2, -0.15) is 0 Å². The number of nitrogens with one attached hydrogen (secondary N) is 2. The second-order valence-electron chi connectivity index (χ2n) is 6.57. The summed E-state index contributed by atoms with van der Waals surface area (Å²) in [4.78, 5) is 26.0. The molecular weight excluding hydrogens is 466 g/mol. The number of H-pyrrole nitrogens is 1. The minimum Gasteiger partial charge on any atom is -0.495 e. The van der Waals surface area contributed by atoms with Crippen LogP contribution in [0.5, 0.6) is 5.75 Å². The lowest BCUT2D eigenvalue weighted by molar-refractivity contribution is 0.414. The number of methoxy groups -OCH3 is 1. The number of hydrogen-bond acceptors (Lipinski definition) is 5. The lowest BCUT2D eigenvalue weighted by Gasteiger charge is -2.15. The Morgan fingerprint density at radius 2 is 1.80 bits per heavy atom. The number of rotatable bonds is 5. The summed E-state index contributed by atoms with van der Waals surface area (Å²) in [6.07, 6.45) is 3.44. The van der Waals surface area contributed by atoms with Crippen molar-refractivity contribution < 1.29 is 4.74 Å². The first-order valence-electron chi connectivity index (χ1n) is 9.03. The second kappa shape index (κ2) is 8.41. The van der Waals surface area contributed by atoms with Crippen molar-refractivity contribution in [2.75, 3.05) is 18.1 Å². The van der Waals surface area contributed by atoms with Crippen molar-refractivity contribution in [3.05, 3.63) is 86.1 Å². The van der Waals surface area contributed by atoms with E-state index in [1.54, 1.807) is 25.1 Å². The molecule has 3 aromatic carbocycles. The van der Waals surface area contributed by atoms with Gasteiger partial charge in [-0.1, -0.05) is 30.1 Å². The van der Waals surface area contributed by atoms with E-state index in [4.69, 9.17) is 4.74 Å². The van der Waals surface area contributed by atoms with E-state index in [9.17, 15) is 9.59 Å². The Labute approximate surface area is 185 Å². The van der Waals surface area contributed by atoms with Crippen LogP contribution in [-0.4, -0.2) is 22.9 Å². The molecule has 1 aromatic heterocycles. The summed E-state index contributed by atoms with van der Waals surface area (Å²) in [6.45, 7) is 0. The Kier molecular flexibility index (Phi) is 5.69. The molecule has 6 nitrogen and oxygen atoms in total. The average molecular weight is 484 g/mol. The van der Waals surface area contributed by atoms with Gasteiger partial charge in [-0.3, -0.25) is 14.3 Å². The van der Waals surface area contributed by atoms with Crippen molar-refractivity contribution in [2.24, 2.45) is 0 Å². The zero-order valence-electron chi connectivity index (χ0n) is 16.2. The highest BCUT2D eigenvalue weighted by Gasteiger charge is 2.14. The Hall–Kier alpha value is -2.97. The van der Waals surface area contributed by atoms with Crippen LogP contribution >= 0.6 is 27.9 Å². The van der Waals surface area contributed by atoms with E-state index in [-0.39, 0.29) is 0 Å². The monoisotopic (exact) mass is 483 g/mol. The van der Waals surface area contributed by atoms with Gasteiger partial charge in [0, 0.05) is 29.8 Å². The molecule has 0 fully saturated rings. The largest absolute Gasteiger partial charge is 0.495 e. The van der Waals surface area contributed by atoms with Crippen LogP contribution in [0.15, 0.2) is 74.9 Å². The van der Waals surface area contributed by atoms with Crippen LogP contribution in [0.1, 0.15) is 0 Å². The third-order valence-corrected chi connectivity index (χ3v) is 5.73. The Morgan fingerprint density at radius 3 is 2.53 bits per heavy atom. The van der Waals surface area contributed by atoms with Crippen molar-refractivity contribution in [3.8, 4) is 22.6 Å². The standard InChI is InChI=1S/C22H18BrN3O3S/c1-29-21-18(11-17(12-19(21)23)26-8-7-20(27)24-22(26)28)15-4-3-14-10-16(25-30-2)6-5-13(14)9-15/h3-12,25H,1-2H3,(H,24,27,28). The molecule has 0 bridgehead atoms. The van der Waals surface area contributed by atoms with E-state index in [1.807, 2.05) is 24.5 Å². The normalized spacial score (nSPS) is 10.9. The summed E-state index contributed by atoms with van der Waals surface area (Å²) in [6, 6.07) is 17.3. The van der Waals surface area contributed by atoms with Crippen molar-refractivity contribution >= 4 is 44.3 Å². The lowest BCUT2D eigenvalue weighted by atomic mass is 9.99. The number of benzene rings is 3. The number of hydrogen-bond donors (Lipinski definition) is 2. The fraction of sp³-hybridized carbons (Fsp3) is 0.0909. The quantitative estimate of drug-likeness (QED) is 0.398. The van der Waals surface area contributed by atoms with Gasteiger partial charge < -0.3 is 9.46 Å². The Bertz CT molecular complexity index is 1360. The molecule has 0 aliphatic carbocycles. The van der Waals surface area contributed by atoms with Gasteiger partial charge >= 0.3 is 5.69 Å². The first kappa shape index (κ1) is 20.3. The molecule has 152 valence electrons. The first-order chi connectivity index (χ1) is 14.5. The Morgan fingerprint density at radius 1 is 1.03 bits per heavy atom. The van der Waals surface area contributed by atoms with Crippen LogP contribution in [0.4, 0.5) is 5.69 Å². The molecule has 0 saturated heterocycles. The molecule has 0 unspecified atom stereocenters. The van der Waals surface area contributed by atoms with Gasteiger partial charge in [-0.25, -0.2) is 4.79 Å². The highest BCUT2D eigenvalue weighted by molar-refractivity contribution is 9.10. The van der Waals surface area contributed by atoms with E-state index >= 15 is 0 Å². The number of halogens is 1. The SMILES string of the molecule is COc1c(Br)cc(-n2ccc(=O)[nH]c2=O)cc1-c1ccc2cc(NSC)ccc2c1. The van der Waals surface area contributed by atoms with Crippen LogP contribution in [-0.2, 0) is 0 Å². The van der Waals surface area contributed by atoms with Crippen molar-refractivity contribution in [1.82, 2.24) is 9.55 Å². The smallest absolute Gasteiger partial charge is 0.332 e. The van der Waals surface area contributed by atoms with Crippen LogP contribution in [0.25, 0.3) is 27.6 Å². The lowest BCUT2D eigenvalue weighted by Crippen LogP contribution is -2.27. The van der Waals surface area contributed by atoms with E-state index in [2.05, 4.69) is 49.9 Å². The zero-order chi connectivity index (χ0) is 21.3. The van der Waals surface area contributed by atoms with Crippen molar-refractivity contribution in [1.29, 1.82) is 0 Å². The van der Waals surface area contributed by atoms with E-state index < -0.39 is 11.2 Å². The highest BCUT2D eigenvalue weighted by Crippen LogP contribution is 2.39. The first-order valence-corrected chi connectivity index (χ1v) is 11.0. The molecule has 0 amide bonds. The highest BCUT2D eigenvalue weighted by atomic mass is 79.9. The van der Waals surface area contributed by atoms with E-state index in [0.29, 0.717) is 15.9 Å². The van der Waals surface area contributed by atoms with Crippen LogP contribution in [0, 0.1) is 0 Å². The predicted molar refractivity (Wildman–Crippen MR) is 127 cm³/mol. The van der Waals surface area contributed by atoms with Gasteiger partial charge in [0.25, 0.3) is 5.56 Å². The van der Waals surface area contributed by atoms with Gasteiger partial charge in [0.05, 0.1) is 17.3 Å². The number of fused-ring (bicyclic) bond motifs is 1. The maximum Gasteiger partial charge on any atom is 0.332 e. The fourth-order valence-corrected chi connectivity index (χ4v) is 4.33. The molecule has 0 spiro atoms. The number of nitrogens with zero attached hydrogens (tertiary/aromatic N) is 1. The number of aromatic amines is 1. The van der Waals surface area contributed by atoms with Crippen molar-refractivity contribution in [3.63, 3.8) is 0 Å². The second-order valence-corrected chi connectivity index (χ2v) is 8.04. The van der Waals surface area contributed by atoms with E-state index in [1.165, 1.54) is 16.8 Å². The molecule has 0 aliphatic heterocycles. The third-order valence-electron chi connectivity index (χ3n) is 4.71. The maximum absolute atomic E-state index is 12.3. The van der Waals surface area contributed by atoms with Crippen molar-refractivity contribution in [2.45, 2.75) is 0 Å². The maximum atomic E-state index is 12.3. The van der Waals surface area contributed by atoms with Crippen LogP contribution in [0.2, 0.25) is 0 Å². The number of aromatic nitrogens is 2. The summed E-state index contributed by atoms with van der Waals surface area (Å²) >= 11 is 5.10. The van der Waals surface area contributed by atoms with Gasteiger partial charge in [0.1, 0.15) is 5.75 Å². The average Bonchev–Trinajstić information content (AvgIpc) is 2.73. The molecular formula is C22H18BrN3O3S. The van der Waals surface area contributed by atoms with Gasteiger partial charge in [-0.15, -0.1) is 0 Å². The summed E-state index contributed by atoms with van der Waals surface area (Å²) < 4.78 is 11.0. The summed E-state index contributed by atoms with van der Waals surface area (Å²) in [7, 11) is 1.61. The fourth-order valence-electron chi connectivity index (χ4n) is 3.36. The number of anilines is 1. The molecule has 0 atom stereocenters. The molecule has 0 aliphatic rings. The van der Waals surface area contributed by atoms with Gasteiger partial charge in [0.2, 0.25) is 0 Å². The third kappa shape index (κ3) is 3.88. The van der Waals surface area contributed by atoms with Gasteiger partial charge in [0.15, 0.2) is 0 Å². The van der Waals surface area contributed by atoms with E-state index in [0.717, 1.165) is 27.6 Å². The summed E-state index contributed by atoms with van der Waals surface area (Å²) in [5.74, 6) is 0.663. The summed E-state index contributed by atoms with van der Waals surface area (Å²) in [5, 5.41) is 2.20. The molecule has 0 saturated carbocycles. The predicted octanol–water partition coefficient (Wildman–Crippen LogP) is 4.81. The molecule has 1 heterocycles. The molecule has 4 rings (SSSR count). The van der Waals surface area contributed by atoms with Crippen LogP contribution < -0.4 is 20.7 Å². The topological polar surface area (TPSA) is 76.1 Å². The number of ether oxygens (including phenoxy) is 1. The molecule has 2 N–H and O–H groups in total. The minimum absolute atomic E-state index is 0.436. The zero-order valence-corrected chi connectivity index (χ0v) is 18.6. The molecule has 0 radical (unpaired) electrons. The minimum atomic E-state index is -0.502.